The van der Waals surface area contributed by atoms with Crippen LogP contribution >= 0.6 is 0 Å². The van der Waals surface area contributed by atoms with Gasteiger partial charge in [0.1, 0.15) is 0 Å². The summed E-state index contributed by atoms with van der Waals surface area (Å²) in [5.41, 5.74) is 11.1. The van der Waals surface area contributed by atoms with Crippen LogP contribution in [0.5, 0.6) is 0 Å². The van der Waals surface area contributed by atoms with E-state index in [2.05, 4.69) is 205 Å². The number of halogens is 2. The zero-order valence-electron chi connectivity index (χ0n) is 43.6. The Morgan fingerprint density at radius 1 is 0.485 bits per heavy atom. The van der Waals surface area contributed by atoms with Crippen LogP contribution < -0.4 is 45.7 Å². The zero-order valence-corrected chi connectivity index (χ0v) is 50.1. The summed E-state index contributed by atoms with van der Waals surface area (Å²) in [6, 6.07) is 13.9. The standard InChI is InChI=1S/2C26H29.2C6H10.2ClH.2Zr/c2*1-24(2,3)21-11-12-22-18(16-21)15-19-17-26(25(4,5)6,14-13-23(19)22)20-9-7-8-10-20;2*1-2-4-6-5-3-1;;;;/h2*7-9,11-16H,10H2,1-6H3;2*1-5H2;2*1H;;/q2*-1;;;;;;/p-2. The molecule has 0 spiro atoms. The molecule has 68 heavy (non-hydrogen) atoms. The van der Waals surface area contributed by atoms with Crippen LogP contribution in [0.2, 0.25) is 0 Å². The van der Waals surface area contributed by atoms with Gasteiger partial charge in [-0.2, -0.15) is 35.5 Å². The normalized spacial score (nSPS) is 23.1. The third-order valence-electron chi connectivity index (χ3n) is 15.1. The summed E-state index contributed by atoms with van der Waals surface area (Å²) in [5, 5.41) is 5.36. The molecule has 0 N–H and O–H groups in total. The molecule has 2 fully saturated rings. The molecule has 360 valence electrons. The summed E-state index contributed by atoms with van der Waals surface area (Å²) in [7, 11) is 0. The minimum absolute atomic E-state index is 0. The van der Waals surface area contributed by atoms with E-state index in [1.165, 1.54) is 130 Å². The fourth-order valence-electron chi connectivity index (χ4n) is 10.7. The molecule has 2 unspecified atom stereocenters. The van der Waals surface area contributed by atoms with Crippen molar-refractivity contribution in [2.24, 2.45) is 21.7 Å². The van der Waals surface area contributed by atoms with Gasteiger partial charge in [0, 0.05) is 0 Å². The van der Waals surface area contributed by atoms with Crippen LogP contribution in [0.4, 0.5) is 0 Å². The first-order valence-corrected chi connectivity index (χ1v) is 27.8. The second kappa shape index (κ2) is 22.8. The zero-order chi connectivity index (χ0) is 47.7. The predicted molar refractivity (Wildman–Crippen MR) is 280 cm³/mol. The van der Waals surface area contributed by atoms with Crippen LogP contribution in [0, 0.1) is 33.8 Å². The van der Waals surface area contributed by atoms with E-state index in [1.807, 2.05) is 0 Å². The van der Waals surface area contributed by atoms with E-state index in [0.717, 1.165) is 12.8 Å². The monoisotopic (exact) mass is 1100 g/mol. The average Bonchev–Trinajstić information content (AvgIpc) is 4.09. The molecule has 0 bridgehead atoms. The van der Waals surface area contributed by atoms with Crippen molar-refractivity contribution in [3.63, 3.8) is 0 Å². The number of hydrogen-bond donors (Lipinski definition) is 0. The van der Waals surface area contributed by atoms with Crippen molar-refractivity contribution in [3.8, 4) is 0 Å². The second-order valence-electron chi connectivity index (χ2n) is 24.1. The fraction of sp³-hybridized carbons (Fsp3) is 0.469. The molecule has 2 atom stereocenters. The van der Waals surface area contributed by atoms with Gasteiger partial charge >= 0.3 is 119 Å². The van der Waals surface area contributed by atoms with Crippen molar-refractivity contribution < 1.29 is 73.3 Å². The molecule has 0 radical (unpaired) electrons. The van der Waals surface area contributed by atoms with Gasteiger partial charge in [0.25, 0.3) is 0 Å². The molecular weight excluding hydrogens is 1020 g/mol. The summed E-state index contributed by atoms with van der Waals surface area (Å²) >= 11 is 3.38. The SMILES string of the molecule is CC(C)(C)c1ccc2c(c1)=CC1=[C-]C(C3=CC=CC3)(C(C)(C)C)C=CC=21.CC(C)(C)c1ccc2c(c1)=CC1=[C-]C(C3=CC=CC3)(C(C)(C)C)C=CC=21.[Cl-].[Cl-].[Zr]=[C]1CCCCC1.[Zr]=[C]1CCCCC1. The van der Waals surface area contributed by atoms with Crippen LogP contribution in [-0.2, 0) is 59.3 Å². The Hall–Kier alpha value is -2.07. The van der Waals surface area contributed by atoms with Gasteiger partial charge in [-0.05, 0) is 56.5 Å². The van der Waals surface area contributed by atoms with Gasteiger partial charge in [-0.1, -0.05) is 200 Å². The minimum atomic E-state index is -0.138. The summed E-state index contributed by atoms with van der Waals surface area (Å²) in [4.78, 5) is 0. The molecule has 2 aromatic rings. The Balaban J connectivity index is 0.000000193. The van der Waals surface area contributed by atoms with E-state index >= 15 is 0 Å². The second-order valence-corrected chi connectivity index (χ2v) is 27.5. The summed E-state index contributed by atoms with van der Waals surface area (Å²) in [5.74, 6) is 0. The van der Waals surface area contributed by atoms with Crippen LogP contribution in [0.25, 0.3) is 23.3 Å². The number of fused-ring (bicyclic) bond motifs is 4. The van der Waals surface area contributed by atoms with E-state index in [1.54, 1.807) is 54.9 Å². The van der Waals surface area contributed by atoms with Crippen LogP contribution in [0.15, 0.2) is 119 Å². The Labute approximate surface area is 455 Å². The van der Waals surface area contributed by atoms with E-state index in [-0.39, 0.29) is 57.3 Å². The predicted octanol–water partition coefficient (Wildman–Crippen LogP) is 7.64. The number of benzene rings is 2. The van der Waals surface area contributed by atoms with Crippen molar-refractivity contribution >= 4 is 29.7 Å². The third-order valence-corrected chi connectivity index (χ3v) is 17.6. The van der Waals surface area contributed by atoms with Gasteiger partial charge in [0.2, 0.25) is 0 Å². The van der Waals surface area contributed by atoms with E-state index in [9.17, 15) is 0 Å². The number of hydrogen-bond acceptors (Lipinski definition) is 0. The molecule has 8 aliphatic rings. The van der Waals surface area contributed by atoms with Crippen molar-refractivity contribution in [2.75, 3.05) is 0 Å². The van der Waals surface area contributed by atoms with Gasteiger partial charge in [-0.3, -0.25) is 0 Å². The molecule has 0 nitrogen and oxygen atoms in total. The number of allylic oxidation sites excluding steroid dienone is 16. The quantitative estimate of drug-likeness (QED) is 0.272. The van der Waals surface area contributed by atoms with E-state index in [4.69, 9.17) is 0 Å². The average molecular weight is 1100 g/mol. The molecule has 8 aliphatic carbocycles. The van der Waals surface area contributed by atoms with Gasteiger partial charge in [0.15, 0.2) is 0 Å². The first-order valence-electron chi connectivity index (χ1n) is 25.3. The molecular formula is C64H78Cl2Zr2-4. The van der Waals surface area contributed by atoms with E-state index < -0.39 is 0 Å². The first kappa shape index (κ1) is 56.8. The van der Waals surface area contributed by atoms with Gasteiger partial charge in [-0.15, -0.1) is 23.3 Å². The molecule has 10 rings (SSSR count). The molecule has 0 aromatic heterocycles. The van der Waals surface area contributed by atoms with Crippen LogP contribution in [0.3, 0.4) is 0 Å². The van der Waals surface area contributed by atoms with Crippen molar-refractivity contribution in [1.82, 2.24) is 0 Å². The van der Waals surface area contributed by atoms with Gasteiger partial charge in [0.05, 0.1) is 0 Å². The fourth-order valence-corrected chi connectivity index (χ4v) is 12.4. The Morgan fingerprint density at radius 2 is 0.838 bits per heavy atom. The molecule has 4 heteroatoms. The van der Waals surface area contributed by atoms with Crippen LogP contribution in [-0.4, -0.2) is 6.41 Å². The van der Waals surface area contributed by atoms with Crippen molar-refractivity contribution in [2.45, 2.75) is 171 Å². The molecule has 2 aromatic carbocycles. The topological polar surface area (TPSA) is 0 Å². The molecule has 0 saturated heterocycles. The maximum atomic E-state index is 3.94. The summed E-state index contributed by atoms with van der Waals surface area (Å²) in [6.07, 6.45) is 52.2. The Kier molecular flexibility index (Phi) is 19.0. The summed E-state index contributed by atoms with van der Waals surface area (Å²) in [6.45, 7) is 27.6. The van der Waals surface area contributed by atoms with Crippen molar-refractivity contribution in [1.29, 1.82) is 0 Å². The van der Waals surface area contributed by atoms with Crippen molar-refractivity contribution in [3.05, 3.63) is 164 Å². The van der Waals surface area contributed by atoms with Gasteiger partial charge < -0.3 is 24.8 Å². The first-order chi connectivity index (χ1) is 31.0. The Bertz CT molecular complexity index is 2560. The Morgan fingerprint density at radius 3 is 1.10 bits per heavy atom. The third kappa shape index (κ3) is 12.6. The summed E-state index contributed by atoms with van der Waals surface area (Å²) < 4.78 is 3.61. The molecule has 0 heterocycles. The van der Waals surface area contributed by atoms with Crippen LogP contribution in [0.1, 0.15) is 171 Å². The van der Waals surface area contributed by atoms with Gasteiger partial charge in [-0.25, -0.2) is 0 Å². The number of rotatable bonds is 2. The molecule has 2 saturated carbocycles. The van der Waals surface area contributed by atoms with E-state index in [0.29, 0.717) is 0 Å². The molecule has 0 aliphatic heterocycles. The maximum absolute atomic E-state index is 3.94. The molecule has 0 amide bonds.